The van der Waals surface area contributed by atoms with Gasteiger partial charge in [-0.3, -0.25) is 4.79 Å². The summed E-state index contributed by atoms with van der Waals surface area (Å²) < 4.78 is 0. The zero-order valence-electron chi connectivity index (χ0n) is 35.8. The Kier molecular flexibility index (Phi) is 37.3. The number of hydrogen-bond acceptors (Lipinski definition) is 2. The van der Waals surface area contributed by atoms with Gasteiger partial charge in [-0.15, -0.1) is 0 Å². The molecule has 0 aromatic carbocycles. The number of carbonyl (C=O) groups excluding carboxylic acids is 1. The fourth-order valence-corrected chi connectivity index (χ4v) is 8.39. The lowest BCUT2D eigenvalue weighted by Crippen LogP contribution is -2.18. The van der Waals surface area contributed by atoms with Crippen LogP contribution in [0.25, 0.3) is 0 Å². The summed E-state index contributed by atoms with van der Waals surface area (Å²) in [5.41, 5.74) is 1.19. The normalized spacial score (nSPS) is 14.7. The summed E-state index contributed by atoms with van der Waals surface area (Å²) in [5.74, 6) is -0.144. The first-order valence-electron chi connectivity index (χ1n) is 24.3. The van der Waals surface area contributed by atoms with E-state index in [1.165, 1.54) is 256 Å². The molecule has 1 aliphatic carbocycles. The molecular weight excluding hydrogens is 633 g/mol. The highest BCUT2D eigenvalue weighted by molar-refractivity contribution is 5.97. The van der Waals surface area contributed by atoms with E-state index in [1.807, 2.05) is 0 Å². The largest absolute Gasteiger partial charge is 0.504 e. The smallest absolute Gasteiger partial charge is 0.203 e. The number of aliphatic hydroxyl groups is 1. The summed E-state index contributed by atoms with van der Waals surface area (Å²) in [4.78, 5) is 12.6. The number of aliphatic hydroxyl groups excluding tert-OH is 1. The van der Waals surface area contributed by atoms with Gasteiger partial charge in [0.15, 0.2) is 5.76 Å². The molecule has 52 heavy (non-hydrogen) atoms. The summed E-state index contributed by atoms with van der Waals surface area (Å²) >= 11 is 0. The van der Waals surface area contributed by atoms with Crippen molar-refractivity contribution in [1.82, 2.24) is 0 Å². The molecule has 2 nitrogen and oxygen atoms in total. The Morgan fingerprint density at radius 3 is 0.923 bits per heavy atom. The molecule has 0 heterocycles. The van der Waals surface area contributed by atoms with Crippen LogP contribution in [0.15, 0.2) is 23.5 Å². The van der Waals surface area contributed by atoms with Crippen molar-refractivity contribution < 1.29 is 9.90 Å². The van der Waals surface area contributed by atoms with Crippen LogP contribution in [0.4, 0.5) is 0 Å². The average Bonchev–Trinajstić information content (AvgIpc) is 3.15. The van der Waals surface area contributed by atoms with Crippen molar-refractivity contribution in [2.24, 2.45) is 5.92 Å². The van der Waals surface area contributed by atoms with E-state index in [1.54, 1.807) is 6.08 Å². The van der Waals surface area contributed by atoms with Gasteiger partial charge in [0.1, 0.15) is 0 Å². The zero-order valence-corrected chi connectivity index (χ0v) is 35.8. The van der Waals surface area contributed by atoms with Gasteiger partial charge in [-0.25, -0.2) is 0 Å². The van der Waals surface area contributed by atoms with E-state index in [0.29, 0.717) is 0 Å². The van der Waals surface area contributed by atoms with Crippen molar-refractivity contribution in [2.75, 3.05) is 0 Å². The second-order valence-electron chi connectivity index (χ2n) is 17.2. The van der Waals surface area contributed by atoms with Crippen LogP contribution in [0.1, 0.15) is 284 Å². The minimum absolute atomic E-state index is 0.00355. The van der Waals surface area contributed by atoms with Crippen LogP contribution < -0.4 is 0 Å². The van der Waals surface area contributed by atoms with Crippen LogP contribution in [-0.2, 0) is 4.79 Å². The predicted octanol–water partition coefficient (Wildman–Crippen LogP) is 18.0. The molecule has 0 bridgehead atoms. The molecule has 0 saturated heterocycles. The number of ketones is 1. The summed E-state index contributed by atoms with van der Waals surface area (Å²) in [6.45, 7) is 4.60. The minimum Gasteiger partial charge on any atom is -0.504 e. The third-order valence-electron chi connectivity index (χ3n) is 12.0. The molecule has 0 amide bonds. The van der Waals surface area contributed by atoms with Gasteiger partial charge in [-0.1, -0.05) is 270 Å². The first kappa shape index (κ1) is 49.0. The van der Waals surface area contributed by atoms with E-state index in [2.05, 4.69) is 19.9 Å². The highest BCUT2D eigenvalue weighted by Gasteiger charge is 2.24. The Balaban J connectivity index is 1.89. The third-order valence-corrected chi connectivity index (χ3v) is 12.0. The number of allylic oxidation sites excluding steroid dienone is 4. The molecule has 1 aliphatic rings. The number of rotatable bonds is 42. The lowest BCUT2D eigenvalue weighted by atomic mass is 9.87. The number of hydrogen-bond donors (Lipinski definition) is 1. The highest BCUT2D eigenvalue weighted by Crippen LogP contribution is 2.27. The number of carbonyl (C=O) groups is 1. The molecule has 0 aromatic heterocycles. The molecule has 0 radical (unpaired) electrons. The lowest BCUT2D eigenvalue weighted by molar-refractivity contribution is -0.120. The summed E-state index contributed by atoms with van der Waals surface area (Å²) in [5, 5.41) is 10.3. The number of Topliss-reactive ketones (excluding diaryl/α,β-unsaturated/α-hetero) is 1. The molecule has 1 rings (SSSR count). The zero-order chi connectivity index (χ0) is 37.4. The maximum atomic E-state index is 12.6. The lowest BCUT2D eigenvalue weighted by Gasteiger charge is -2.18. The van der Waals surface area contributed by atoms with Crippen molar-refractivity contribution in [3.63, 3.8) is 0 Å². The standard InChI is InChI=1S/C50H94O2/c1-3-5-7-9-11-13-15-17-19-21-23-25-27-29-31-33-35-37-39-41-43-47-45-48(50(52)49(51)46-47)44-42-40-38-36-34-32-30-28-26-24-22-20-18-16-14-12-10-8-6-4-2/h45-46,48,51H,3-44H2,1-2H3. The summed E-state index contributed by atoms with van der Waals surface area (Å²) in [6, 6.07) is 0. The summed E-state index contributed by atoms with van der Waals surface area (Å²) in [7, 11) is 0. The number of unbranched alkanes of at least 4 members (excludes halogenated alkanes) is 38. The Morgan fingerprint density at radius 1 is 0.385 bits per heavy atom. The molecule has 1 N–H and O–H groups in total. The van der Waals surface area contributed by atoms with Crippen molar-refractivity contribution in [2.45, 2.75) is 284 Å². The maximum absolute atomic E-state index is 12.6. The van der Waals surface area contributed by atoms with Crippen molar-refractivity contribution in [3.8, 4) is 0 Å². The van der Waals surface area contributed by atoms with Crippen LogP contribution in [-0.4, -0.2) is 10.9 Å². The van der Waals surface area contributed by atoms with Crippen molar-refractivity contribution >= 4 is 5.78 Å². The van der Waals surface area contributed by atoms with Crippen LogP contribution >= 0.6 is 0 Å². The molecule has 0 fully saturated rings. The van der Waals surface area contributed by atoms with Gasteiger partial charge in [-0.05, 0) is 30.9 Å². The molecule has 1 unspecified atom stereocenters. The molecule has 306 valence electrons. The quantitative estimate of drug-likeness (QED) is 0.0636. The third kappa shape index (κ3) is 32.4. The van der Waals surface area contributed by atoms with E-state index in [4.69, 9.17) is 0 Å². The van der Waals surface area contributed by atoms with Gasteiger partial charge < -0.3 is 5.11 Å². The van der Waals surface area contributed by atoms with E-state index in [0.717, 1.165) is 19.3 Å². The fraction of sp³-hybridized carbons (Fsp3) is 0.900. The van der Waals surface area contributed by atoms with Gasteiger partial charge >= 0.3 is 0 Å². The van der Waals surface area contributed by atoms with E-state index in [9.17, 15) is 9.90 Å². The van der Waals surface area contributed by atoms with E-state index >= 15 is 0 Å². The maximum Gasteiger partial charge on any atom is 0.203 e. The van der Waals surface area contributed by atoms with Crippen LogP contribution in [0.2, 0.25) is 0 Å². The van der Waals surface area contributed by atoms with Crippen LogP contribution in [0, 0.1) is 5.92 Å². The second-order valence-corrected chi connectivity index (χ2v) is 17.2. The molecule has 0 aromatic rings. The van der Waals surface area contributed by atoms with E-state index < -0.39 is 0 Å². The molecule has 1 atom stereocenters. The Labute approximate surface area is 327 Å². The Bertz CT molecular complexity index is 809. The molecular formula is C50H94O2. The van der Waals surface area contributed by atoms with Gasteiger partial charge in [-0.2, -0.15) is 0 Å². The van der Waals surface area contributed by atoms with Crippen molar-refractivity contribution in [3.05, 3.63) is 23.5 Å². The van der Waals surface area contributed by atoms with Crippen LogP contribution in [0.3, 0.4) is 0 Å². The topological polar surface area (TPSA) is 37.3 Å². The first-order valence-corrected chi connectivity index (χ1v) is 24.3. The molecule has 2 heteroatoms. The minimum atomic E-state index is -0.0966. The second kappa shape index (κ2) is 39.6. The molecule has 0 spiro atoms. The van der Waals surface area contributed by atoms with Crippen molar-refractivity contribution in [1.29, 1.82) is 0 Å². The Morgan fingerprint density at radius 2 is 0.635 bits per heavy atom. The van der Waals surface area contributed by atoms with Gasteiger partial charge in [0.2, 0.25) is 5.78 Å². The SMILES string of the molecule is CCCCCCCCCCCCCCCCCCCCCCC1=CC(CCCCCCCCCCCCCCCCCCCCCC)C(=O)C(O)=C1. The van der Waals surface area contributed by atoms with Crippen LogP contribution in [0.5, 0.6) is 0 Å². The fourth-order valence-electron chi connectivity index (χ4n) is 8.39. The molecule has 0 aliphatic heterocycles. The first-order chi connectivity index (χ1) is 25.7. The predicted molar refractivity (Wildman–Crippen MR) is 233 cm³/mol. The highest BCUT2D eigenvalue weighted by atomic mass is 16.3. The van der Waals surface area contributed by atoms with Gasteiger partial charge in [0.25, 0.3) is 0 Å². The molecule has 0 saturated carbocycles. The van der Waals surface area contributed by atoms with Gasteiger partial charge in [0, 0.05) is 5.92 Å². The monoisotopic (exact) mass is 727 g/mol. The van der Waals surface area contributed by atoms with E-state index in [-0.39, 0.29) is 17.5 Å². The Hall–Kier alpha value is -1.05. The summed E-state index contributed by atoms with van der Waals surface area (Å²) in [6.07, 6.45) is 61.8. The van der Waals surface area contributed by atoms with Gasteiger partial charge in [0.05, 0.1) is 0 Å². The average molecular weight is 727 g/mol.